The summed E-state index contributed by atoms with van der Waals surface area (Å²) in [6.07, 6.45) is 6.77. The number of rotatable bonds is 4. The van der Waals surface area contributed by atoms with Gasteiger partial charge in [-0.25, -0.2) is 0 Å². The summed E-state index contributed by atoms with van der Waals surface area (Å²) in [7, 11) is 0. The van der Waals surface area contributed by atoms with Gasteiger partial charge in [-0.1, -0.05) is 12.1 Å². The highest BCUT2D eigenvalue weighted by atomic mass is 19.4. The highest BCUT2D eigenvalue weighted by molar-refractivity contribution is 5.94. The van der Waals surface area contributed by atoms with Crippen LogP contribution in [-0.2, 0) is 17.5 Å². The molecule has 2 aromatic heterocycles. The van der Waals surface area contributed by atoms with Crippen LogP contribution in [0.1, 0.15) is 23.0 Å². The van der Waals surface area contributed by atoms with Crippen LogP contribution in [0.4, 0.5) is 13.2 Å². The molecule has 2 aliphatic heterocycles. The van der Waals surface area contributed by atoms with E-state index in [1.807, 2.05) is 41.5 Å². The van der Waals surface area contributed by atoms with Crippen molar-refractivity contribution in [2.75, 3.05) is 0 Å². The van der Waals surface area contributed by atoms with Gasteiger partial charge in [-0.2, -0.15) is 13.2 Å². The summed E-state index contributed by atoms with van der Waals surface area (Å²) < 4.78 is 37.9. The third-order valence-electron chi connectivity index (χ3n) is 4.51. The summed E-state index contributed by atoms with van der Waals surface area (Å²) in [5.74, 6) is -0.377. The zero-order valence-electron chi connectivity index (χ0n) is 15.0. The average molecular weight is 399 g/mol. The molecular formula is C20H16F3N5O. The van der Waals surface area contributed by atoms with Crippen molar-refractivity contribution >= 4 is 5.91 Å². The molecule has 148 valence electrons. The molecule has 0 aromatic carbocycles. The molecule has 0 saturated heterocycles. The van der Waals surface area contributed by atoms with E-state index in [-0.39, 0.29) is 18.6 Å². The van der Waals surface area contributed by atoms with Crippen molar-refractivity contribution in [2.24, 2.45) is 0 Å². The Hall–Kier alpha value is -3.62. The summed E-state index contributed by atoms with van der Waals surface area (Å²) in [5.41, 5.74) is 1.45. The van der Waals surface area contributed by atoms with Crippen LogP contribution in [0.25, 0.3) is 0 Å². The Bertz CT molecular complexity index is 997. The summed E-state index contributed by atoms with van der Waals surface area (Å²) in [4.78, 5) is 22.5. The molecular weight excluding hydrogens is 383 g/mol. The predicted molar refractivity (Wildman–Crippen MR) is 98.3 cm³/mol. The average Bonchev–Trinajstić information content (AvgIpc) is 3.12. The fourth-order valence-corrected chi connectivity index (χ4v) is 3.09. The van der Waals surface area contributed by atoms with E-state index in [2.05, 4.69) is 20.6 Å². The lowest BCUT2D eigenvalue weighted by Crippen LogP contribution is -2.32. The Balaban J connectivity index is 1.48. The van der Waals surface area contributed by atoms with Crippen LogP contribution in [0.15, 0.2) is 78.7 Å². The molecule has 1 unspecified atom stereocenters. The molecule has 0 aliphatic carbocycles. The van der Waals surface area contributed by atoms with Crippen LogP contribution in [0.3, 0.4) is 0 Å². The molecule has 29 heavy (non-hydrogen) atoms. The lowest BCUT2D eigenvalue weighted by Gasteiger charge is -2.25. The van der Waals surface area contributed by atoms with Crippen molar-refractivity contribution in [3.05, 3.63) is 95.5 Å². The van der Waals surface area contributed by atoms with E-state index in [1.54, 1.807) is 12.4 Å². The first-order valence-electron chi connectivity index (χ1n) is 8.78. The van der Waals surface area contributed by atoms with E-state index >= 15 is 0 Å². The van der Waals surface area contributed by atoms with Crippen LogP contribution in [0.2, 0.25) is 0 Å². The number of alkyl halides is 3. The molecule has 0 spiro atoms. The van der Waals surface area contributed by atoms with Gasteiger partial charge in [-0.05, 0) is 30.4 Å². The zero-order chi connectivity index (χ0) is 20.4. The summed E-state index contributed by atoms with van der Waals surface area (Å²) in [6.45, 7) is 0.00649. The van der Waals surface area contributed by atoms with E-state index in [9.17, 15) is 18.0 Å². The van der Waals surface area contributed by atoms with Crippen LogP contribution < -0.4 is 10.6 Å². The van der Waals surface area contributed by atoms with Gasteiger partial charge in [-0.15, -0.1) is 0 Å². The van der Waals surface area contributed by atoms with Crippen LogP contribution in [0, 0.1) is 0 Å². The maximum absolute atomic E-state index is 12.7. The number of aromatic nitrogens is 2. The quantitative estimate of drug-likeness (QED) is 0.827. The molecule has 0 saturated carbocycles. The van der Waals surface area contributed by atoms with Crippen LogP contribution in [0.5, 0.6) is 0 Å². The Morgan fingerprint density at radius 1 is 1.21 bits per heavy atom. The fourth-order valence-electron chi connectivity index (χ4n) is 3.09. The number of hydrogen-bond donors (Lipinski definition) is 2. The number of nitrogens with one attached hydrogen (secondary N) is 2. The smallest absolute Gasteiger partial charge is 0.355 e. The molecule has 4 heterocycles. The van der Waals surface area contributed by atoms with Crippen molar-refractivity contribution in [3.8, 4) is 0 Å². The number of carbonyl (C=O) groups is 1. The number of allylic oxidation sites excluding steroid dienone is 3. The van der Waals surface area contributed by atoms with Crippen LogP contribution >= 0.6 is 0 Å². The molecule has 6 nitrogen and oxygen atoms in total. The minimum Gasteiger partial charge on any atom is -0.355 e. The van der Waals surface area contributed by atoms with Crippen LogP contribution in [-0.4, -0.2) is 20.8 Å². The Morgan fingerprint density at radius 3 is 2.76 bits per heavy atom. The number of hydrogen-bond acceptors (Lipinski definition) is 5. The van der Waals surface area contributed by atoms with Crippen molar-refractivity contribution in [1.29, 1.82) is 0 Å². The highest BCUT2D eigenvalue weighted by Crippen LogP contribution is 2.33. The van der Waals surface area contributed by atoms with Gasteiger partial charge in [0.25, 0.3) is 5.91 Å². The lowest BCUT2D eigenvalue weighted by atomic mass is 10.2. The summed E-state index contributed by atoms with van der Waals surface area (Å²) >= 11 is 0. The minimum absolute atomic E-state index is 0.00649. The van der Waals surface area contributed by atoms with Gasteiger partial charge in [-0.3, -0.25) is 14.8 Å². The predicted octanol–water partition coefficient (Wildman–Crippen LogP) is 3.01. The highest BCUT2D eigenvalue weighted by Gasteiger charge is 2.34. The zero-order valence-corrected chi connectivity index (χ0v) is 15.0. The lowest BCUT2D eigenvalue weighted by molar-refractivity contribution is -0.137. The van der Waals surface area contributed by atoms with E-state index in [0.29, 0.717) is 17.1 Å². The van der Waals surface area contributed by atoms with Gasteiger partial charge in [0.2, 0.25) is 0 Å². The van der Waals surface area contributed by atoms with Crippen molar-refractivity contribution < 1.29 is 18.0 Å². The monoisotopic (exact) mass is 399 g/mol. The van der Waals surface area contributed by atoms with E-state index < -0.39 is 11.7 Å². The number of amides is 1. The first kappa shape index (κ1) is 18.7. The molecule has 1 amide bonds. The second-order valence-corrected chi connectivity index (χ2v) is 6.42. The SMILES string of the molecule is O=C(NCc1ccc(C(F)(F)F)cn1)C1=C2C=CC=CN2C(c2cccnc2)N1. The largest absolute Gasteiger partial charge is 0.417 e. The molecule has 2 aromatic rings. The standard InChI is InChI=1S/C20H16F3N5O/c21-20(22,23)14-6-7-15(25-11-14)12-26-19(29)17-16-5-1-2-9-28(16)18(27-17)13-4-3-8-24-10-13/h1-11,18,27H,12H2,(H,26,29). The van der Waals surface area contributed by atoms with Gasteiger partial charge in [0.1, 0.15) is 11.9 Å². The van der Waals surface area contributed by atoms with Crippen molar-refractivity contribution in [2.45, 2.75) is 18.9 Å². The van der Waals surface area contributed by atoms with Gasteiger partial charge < -0.3 is 15.5 Å². The van der Waals surface area contributed by atoms with Gasteiger partial charge in [0.15, 0.2) is 0 Å². The molecule has 0 bridgehead atoms. The third kappa shape index (κ3) is 3.84. The second kappa shape index (κ2) is 7.42. The number of halogens is 3. The van der Waals surface area contributed by atoms with E-state index in [4.69, 9.17) is 0 Å². The molecule has 0 fully saturated rings. The summed E-state index contributed by atoms with van der Waals surface area (Å²) in [6, 6.07) is 5.91. The number of pyridine rings is 2. The molecule has 2 N–H and O–H groups in total. The second-order valence-electron chi connectivity index (χ2n) is 6.42. The number of fused-ring (bicyclic) bond motifs is 1. The van der Waals surface area contributed by atoms with Gasteiger partial charge in [0.05, 0.1) is 23.5 Å². The third-order valence-corrected chi connectivity index (χ3v) is 4.51. The Kier molecular flexibility index (Phi) is 4.79. The van der Waals surface area contributed by atoms with E-state index in [1.165, 1.54) is 6.07 Å². The number of nitrogens with zero attached hydrogens (tertiary/aromatic N) is 3. The molecule has 1 atom stereocenters. The maximum Gasteiger partial charge on any atom is 0.417 e. The molecule has 0 radical (unpaired) electrons. The minimum atomic E-state index is -4.44. The van der Waals surface area contributed by atoms with Gasteiger partial charge in [0, 0.05) is 30.4 Å². The van der Waals surface area contributed by atoms with E-state index in [0.717, 1.165) is 17.8 Å². The molecule has 2 aliphatic rings. The molecule has 9 heteroatoms. The number of carbonyl (C=O) groups excluding carboxylic acids is 1. The fraction of sp³-hybridized carbons (Fsp3) is 0.150. The normalized spacial score (nSPS) is 17.9. The first-order chi connectivity index (χ1) is 13.9. The van der Waals surface area contributed by atoms with Crippen molar-refractivity contribution in [1.82, 2.24) is 25.5 Å². The molecule has 4 rings (SSSR count). The topological polar surface area (TPSA) is 70.2 Å². The summed E-state index contributed by atoms with van der Waals surface area (Å²) in [5, 5.41) is 5.90. The Morgan fingerprint density at radius 2 is 2.07 bits per heavy atom. The van der Waals surface area contributed by atoms with Crippen molar-refractivity contribution in [3.63, 3.8) is 0 Å². The maximum atomic E-state index is 12.7. The first-order valence-corrected chi connectivity index (χ1v) is 8.78. The van der Waals surface area contributed by atoms with Gasteiger partial charge >= 0.3 is 6.18 Å². The Labute approximate surface area is 164 Å².